The van der Waals surface area contributed by atoms with Crippen LogP contribution in [0.4, 0.5) is 5.69 Å². The van der Waals surface area contributed by atoms with Crippen LogP contribution in [0.3, 0.4) is 0 Å². The van der Waals surface area contributed by atoms with Crippen molar-refractivity contribution in [2.45, 2.75) is 0 Å². The molecule has 1 aliphatic rings. The van der Waals surface area contributed by atoms with Crippen LogP contribution in [0.15, 0.2) is 110 Å². The van der Waals surface area contributed by atoms with Gasteiger partial charge in [0.1, 0.15) is 0 Å². The molecule has 0 radical (unpaired) electrons. The maximum Gasteiger partial charge on any atom is 0.262 e. The summed E-state index contributed by atoms with van der Waals surface area (Å²) in [6.45, 7) is 2.99. The Balaban J connectivity index is 1.37. The van der Waals surface area contributed by atoms with Crippen LogP contribution in [0.25, 0.3) is 28.1 Å². The second kappa shape index (κ2) is 10.9. The zero-order chi connectivity index (χ0) is 26.6. The molecule has 39 heavy (non-hydrogen) atoms. The first kappa shape index (κ1) is 24.5. The Kier molecular flexibility index (Phi) is 6.85. The molecule has 6 rings (SSSR count). The molecule has 192 valence electrons. The summed E-state index contributed by atoms with van der Waals surface area (Å²) in [5, 5.41) is 0.909. The highest BCUT2D eigenvalue weighted by molar-refractivity contribution is 6.09. The average Bonchev–Trinajstić information content (AvgIpc) is 3.38. The van der Waals surface area contributed by atoms with E-state index in [1.807, 2.05) is 72.9 Å². The van der Waals surface area contributed by atoms with E-state index in [9.17, 15) is 9.59 Å². The Morgan fingerprint density at radius 2 is 1.51 bits per heavy atom. The van der Waals surface area contributed by atoms with Gasteiger partial charge in [-0.3, -0.25) is 19.1 Å². The van der Waals surface area contributed by atoms with Gasteiger partial charge in [-0.15, -0.1) is 0 Å². The van der Waals surface area contributed by atoms with Crippen molar-refractivity contribution in [2.24, 2.45) is 0 Å². The molecule has 0 spiro atoms. The summed E-state index contributed by atoms with van der Waals surface area (Å²) in [5.74, 6) is -0.246. The lowest BCUT2D eigenvalue weighted by molar-refractivity contribution is 0.0964. The minimum absolute atomic E-state index is 0.120. The van der Waals surface area contributed by atoms with Crippen LogP contribution in [0, 0.1) is 0 Å². The third-order valence-corrected chi connectivity index (χ3v) is 7.03. The molecule has 0 amide bonds. The van der Waals surface area contributed by atoms with Gasteiger partial charge in [-0.2, -0.15) is 0 Å². The Morgan fingerprint density at radius 3 is 2.26 bits per heavy atom. The Morgan fingerprint density at radius 1 is 0.795 bits per heavy atom. The number of allylic oxidation sites excluding steroid dienone is 1. The smallest absolute Gasteiger partial charge is 0.262 e. The van der Waals surface area contributed by atoms with Crippen LogP contribution in [-0.2, 0) is 4.74 Å². The molecular weight excluding hydrogens is 486 g/mol. The van der Waals surface area contributed by atoms with Gasteiger partial charge in [-0.25, -0.2) is 0 Å². The SMILES string of the molecule is O=C(/C=C/c1cn(C(=O)c2ccc(-c3ccccc3)cc2)c2ccc(N3CCOCC3)cc12)c1ccncc1. The molecule has 3 heterocycles. The highest BCUT2D eigenvalue weighted by atomic mass is 16.5. The molecule has 0 aliphatic carbocycles. The highest BCUT2D eigenvalue weighted by Gasteiger charge is 2.18. The molecule has 1 fully saturated rings. The van der Waals surface area contributed by atoms with E-state index < -0.39 is 0 Å². The molecule has 3 aromatic carbocycles. The van der Waals surface area contributed by atoms with Gasteiger partial charge in [-0.1, -0.05) is 42.5 Å². The monoisotopic (exact) mass is 513 g/mol. The molecule has 6 heteroatoms. The number of rotatable bonds is 6. The Hall–Kier alpha value is -4.81. The maximum absolute atomic E-state index is 13.7. The van der Waals surface area contributed by atoms with Gasteiger partial charge in [0.05, 0.1) is 18.7 Å². The van der Waals surface area contributed by atoms with Crippen LogP contribution in [-0.4, -0.2) is 47.5 Å². The van der Waals surface area contributed by atoms with E-state index in [4.69, 9.17) is 4.74 Å². The largest absolute Gasteiger partial charge is 0.378 e. The summed E-state index contributed by atoms with van der Waals surface area (Å²) in [6, 6.07) is 27.3. The lowest BCUT2D eigenvalue weighted by atomic mass is 10.0. The lowest BCUT2D eigenvalue weighted by Gasteiger charge is -2.29. The number of hydrogen-bond acceptors (Lipinski definition) is 5. The minimum atomic E-state index is -0.126. The number of carbonyl (C=O) groups is 2. The molecule has 0 bridgehead atoms. The molecule has 1 saturated heterocycles. The van der Waals surface area contributed by atoms with Gasteiger partial charge in [0.15, 0.2) is 5.78 Å². The van der Waals surface area contributed by atoms with Crippen LogP contribution in [0.1, 0.15) is 26.3 Å². The minimum Gasteiger partial charge on any atom is -0.378 e. The molecular formula is C33H27N3O3. The highest BCUT2D eigenvalue weighted by Crippen LogP contribution is 2.29. The van der Waals surface area contributed by atoms with Gasteiger partial charge >= 0.3 is 0 Å². The van der Waals surface area contributed by atoms with Crippen molar-refractivity contribution >= 4 is 34.4 Å². The molecule has 6 nitrogen and oxygen atoms in total. The number of ketones is 1. The van der Waals surface area contributed by atoms with Crippen LogP contribution in [0.2, 0.25) is 0 Å². The van der Waals surface area contributed by atoms with Crippen molar-refractivity contribution < 1.29 is 14.3 Å². The first-order chi connectivity index (χ1) is 19.2. The van der Waals surface area contributed by atoms with E-state index in [2.05, 4.69) is 16.0 Å². The number of benzene rings is 3. The zero-order valence-electron chi connectivity index (χ0n) is 21.4. The number of fused-ring (bicyclic) bond motifs is 1. The van der Waals surface area contributed by atoms with Gasteiger partial charge in [-0.05, 0) is 65.7 Å². The molecule has 0 atom stereocenters. The van der Waals surface area contributed by atoms with Gasteiger partial charge in [0.25, 0.3) is 5.91 Å². The third-order valence-electron chi connectivity index (χ3n) is 7.03. The standard InChI is InChI=1S/C33H27N3O3/c37-32(26-14-16-34-17-15-26)13-10-28-23-36(31-12-11-29(22-30(28)31)35-18-20-39-21-19-35)33(38)27-8-6-25(7-9-27)24-4-2-1-3-5-24/h1-17,22-23H,18-21H2/b13-10+. The van der Waals surface area contributed by atoms with Crippen molar-refractivity contribution in [2.75, 3.05) is 31.2 Å². The third kappa shape index (κ3) is 5.15. The van der Waals surface area contributed by atoms with Crippen LogP contribution >= 0.6 is 0 Å². The number of pyridine rings is 1. The second-order valence-corrected chi connectivity index (χ2v) is 9.44. The zero-order valence-corrected chi connectivity index (χ0v) is 21.4. The quantitative estimate of drug-likeness (QED) is 0.202. The first-order valence-electron chi connectivity index (χ1n) is 13.0. The normalized spacial score (nSPS) is 13.7. The van der Waals surface area contributed by atoms with Crippen molar-refractivity contribution in [1.29, 1.82) is 0 Å². The van der Waals surface area contributed by atoms with Crippen molar-refractivity contribution in [3.63, 3.8) is 0 Å². The van der Waals surface area contributed by atoms with Crippen molar-refractivity contribution in [3.05, 3.63) is 126 Å². The summed E-state index contributed by atoms with van der Waals surface area (Å²) in [6.07, 6.45) is 8.36. The Labute approximate surface area is 226 Å². The summed E-state index contributed by atoms with van der Waals surface area (Å²) in [4.78, 5) is 32.7. The molecule has 1 aliphatic heterocycles. The van der Waals surface area contributed by atoms with E-state index in [-0.39, 0.29) is 11.7 Å². The van der Waals surface area contributed by atoms with Crippen LogP contribution < -0.4 is 4.90 Å². The number of morpholine rings is 1. The average molecular weight is 514 g/mol. The van der Waals surface area contributed by atoms with Gasteiger partial charge in [0, 0.05) is 59.4 Å². The van der Waals surface area contributed by atoms with Gasteiger partial charge in [0.2, 0.25) is 0 Å². The molecule has 0 N–H and O–H groups in total. The van der Waals surface area contributed by atoms with E-state index in [0.717, 1.165) is 46.4 Å². The maximum atomic E-state index is 13.7. The van der Waals surface area contributed by atoms with Crippen molar-refractivity contribution in [3.8, 4) is 11.1 Å². The first-order valence-corrected chi connectivity index (χ1v) is 13.0. The molecule has 5 aromatic rings. The summed E-state index contributed by atoms with van der Waals surface area (Å²) in [5.41, 5.74) is 5.97. The number of carbonyl (C=O) groups excluding carboxylic acids is 2. The number of nitrogens with zero attached hydrogens (tertiary/aromatic N) is 3. The molecule has 2 aromatic heterocycles. The molecule has 0 unspecified atom stereocenters. The van der Waals surface area contributed by atoms with E-state index in [0.29, 0.717) is 24.3 Å². The second-order valence-electron chi connectivity index (χ2n) is 9.44. The van der Waals surface area contributed by atoms with Crippen molar-refractivity contribution in [1.82, 2.24) is 9.55 Å². The van der Waals surface area contributed by atoms with Crippen LogP contribution in [0.5, 0.6) is 0 Å². The fraction of sp³-hybridized carbons (Fsp3) is 0.121. The predicted octanol–water partition coefficient (Wildman–Crippen LogP) is 6.12. The van der Waals surface area contributed by atoms with E-state index >= 15 is 0 Å². The lowest BCUT2D eigenvalue weighted by Crippen LogP contribution is -2.36. The number of hydrogen-bond donors (Lipinski definition) is 0. The molecule has 0 saturated carbocycles. The Bertz CT molecular complexity index is 1650. The predicted molar refractivity (Wildman–Crippen MR) is 154 cm³/mol. The number of aromatic nitrogens is 2. The topological polar surface area (TPSA) is 64.4 Å². The summed E-state index contributed by atoms with van der Waals surface area (Å²) in [7, 11) is 0. The summed E-state index contributed by atoms with van der Waals surface area (Å²) < 4.78 is 7.19. The fourth-order valence-electron chi connectivity index (χ4n) is 4.92. The fourth-order valence-corrected chi connectivity index (χ4v) is 4.92. The summed E-state index contributed by atoms with van der Waals surface area (Å²) >= 11 is 0. The van der Waals surface area contributed by atoms with E-state index in [1.54, 1.807) is 41.2 Å². The number of ether oxygens (including phenoxy) is 1. The van der Waals surface area contributed by atoms with E-state index in [1.165, 1.54) is 0 Å². The number of anilines is 1. The van der Waals surface area contributed by atoms with Gasteiger partial charge < -0.3 is 9.64 Å².